The molecule has 0 radical (unpaired) electrons. The van der Waals surface area contributed by atoms with Gasteiger partial charge in [-0.15, -0.1) is 0 Å². The van der Waals surface area contributed by atoms with Crippen molar-refractivity contribution in [3.8, 4) is 11.4 Å². The number of aromatic nitrogens is 2. The van der Waals surface area contributed by atoms with Gasteiger partial charge >= 0.3 is 0 Å². The lowest BCUT2D eigenvalue weighted by atomic mass is 10.2. The quantitative estimate of drug-likeness (QED) is 0.773. The molecule has 0 saturated carbocycles. The van der Waals surface area contributed by atoms with Crippen molar-refractivity contribution < 1.29 is 9.53 Å². The Labute approximate surface area is 145 Å². The number of methoxy groups -OCH3 is 1. The number of hydrogen-bond acceptors (Lipinski definition) is 4. The van der Waals surface area contributed by atoms with Crippen LogP contribution in [0.2, 0.25) is 0 Å². The Hall–Kier alpha value is -3.15. The molecule has 0 aliphatic carbocycles. The normalized spacial score (nSPS) is 10.6. The molecule has 0 atom stereocenters. The fourth-order valence-electron chi connectivity index (χ4n) is 2.69. The second kappa shape index (κ2) is 7.17. The highest BCUT2D eigenvalue weighted by atomic mass is 16.5. The first-order chi connectivity index (χ1) is 12.1. The van der Waals surface area contributed by atoms with Crippen molar-refractivity contribution in [1.82, 2.24) is 14.9 Å². The second-order valence-corrected chi connectivity index (χ2v) is 5.56. The standard InChI is InChI=1S/C19H19N3O3/c1-20-18(23)12-11-16-19(24)22(13-7-9-14(25-2)10-8-13)17-6-4-3-5-15(17)21-16/h3-10H,11-12H2,1-2H3,(H,20,23). The van der Waals surface area contributed by atoms with Crippen LogP contribution in [0.5, 0.6) is 5.75 Å². The number of fused-ring (bicyclic) bond motifs is 1. The lowest BCUT2D eigenvalue weighted by Crippen LogP contribution is -2.26. The van der Waals surface area contributed by atoms with E-state index >= 15 is 0 Å². The molecule has 0 aliphatic rings. The first kappa shape index (κ1) is 16.7. The second-order valence-electron chi connectivity index (χ2n) is 5.56. The third-order valence-electron chi connectivity index (χ3n) is 4.03. The number of aryl methyl sites for hydroxylation is 1. The molecule has 0 bridgehead atoms. The van der Waals surface area contributed by atoms with E-state index in [0.717, 1.165) is 17.0 Å². The first-order valence-corrected chi connectivity index (χ1v) is 7.99. The highest BCUT2D eigenvalue weighted by Gasteiger charge is 2.13. The van der Waals surface area contributed by atoms with E-state index in [1.54, 1.807) is 30.9 Å². The van der Waals surface area contributed by atoms with Gasteiger partial charge in [-0.1, -0.05) is 12.1 Å². The largest absolute Gasteiger partial charge is 0.497 e. The Morgan fingerprint density at radius 2 is 1.88 bits per heavy atom. The van der Waals surface area contributed by atoms with E-state index < -0.39 is 0 Å². The summed E-state index contributed by atoms with van der Waals surface area (Å²) in [5, 5.41) is 2.56. The van der Waals surface area contributed by atoms with Crippen molar-refractivity contribution in [2.75, 3.05) is 14.2 Å². The molecule has 2 aromatic carbocycles. The van der Waals surface area contributed by atoms with Crippen LogP contribution < -0.4 is 15.6 Å². The van der Waals surface area contributed by atoms with Crippen molar-refractivity contribution >= 4 is 16.9 Å². The number of benzene rings is 2. The number of carbonyl (C=O) groups excluding carboxylic acids is 1. The SMILES string of the molecule is CNC(=O)CCc1nc2ccccc2n(-c2ccc(OC)cc2)c1=O. The molecular formula is C19H19N3O3. The van der Waals surface area contributed by atoms with Gasteiger partial charge in [-0.25, -0.2) is 4.98 Å². The number of ether oxygens (including phenoxy) is 1. The summed E-state index contributed by atoms with van der Waals surface area (Å²) < 4.78 is 6.81. The molecule has 3 rings (SSSR count). The summed E-state index contributed by atoms with van der Waals surface area (Å²) in [7, 11) is 3.17. The summed E-state index contributed by atoms with van der Waals surface area (Å²) in [6.07, 6.45) is 0.513. The monoisotopic (exact) mass is 337 g/mol. The number of hydrogen-bond donors (Lipinski definition) is 1. The molecule has 128 valence electrons. The van der Waals surface area contributed by atoms with Gasteiger partial charge in [-0.05, 0) is 36.4 Å². The molecule has 0 unspecified atom stereocenters. The van der Waals surface area contributed by atoms with E-state index in [2.05, 4.69) is 10.3 Å². The summed E-state index contributed by atoms with van der Waals surface area (Å²) in [5.74, 6) is 0.598. The molecule has 1 aromatic heterocycles. The van der Waals surface area contributed by atoms with Crippen LogP contribution in [0.15, 0.2) is 53.3 Å². The Morgan fingerprint density at radius 3 is 2.56 bits per heavy atom. The minimum Gasteiger partial charge on any atom is -0.497 e. The smallest absolute Gasteiger partial charge is 0.277 e. The molecule has 1 amide bonds. The zero-order valence-electron chi connectivity index (χ0n) is 14.2. The van der Waals surface area contributed by atoms with Gasteiger partial charge in [0.1, 0.15) is 11.4 Å². The van der Waals surface area contributed by atoms with Crippen LogP contribution in [0.1, 0.15) is 12.1 Å². The molecule has 6 nitrogen and oxygen atoms in total. The lowest BCUT2D eigenvalue weighted by Gasteiger charge is -2.13. The highest BCUT2D eigenvalue weighted by molar-refractivity contribution is 5.77. The third kappa shape index (κ3) is 3.38. The first-order valence-electron chi connectivity index (χ1n) is 7.99. The van der Waals surface area contributed by atoms with Gasteiger partial charge in [0.2, 0.25) is 5.91 Å². The lowest BCUT2D eigenvalue weighted by molar-refractivity contribution is -0.120. The van der Waals surface area contributed by atoms with Gasteiger partial charge in [0.25, 0.3) is 5.56 Å². The van der Waals surface area contributed by atoms with Gasteiger partial charge in [-0.2, -0.15) is 0 Å². The predicted octanol–water partition coefficient (Wildman–Crippen LogP) is 2.07. The Bertz CT molecular complexity index is 962. The number of amides is 1. The van der Waals surface area contributed by atoms with Crippen LogP contribution >= 0.6 is 0 Å². The van der Waals surface area contributed by atoms with Crippen molar-refractivity contribution in [3.63, 3.8) is 0 Å². The zero-order chi connectivity index (χ0) is 17.8. The third-order valence-corrected chi connectivity index (χ3v) is 4.03. The summed E-state index contributed by atoms with van der Waals surface area (Å²) in [4.78, 5) is 29.0. The maximum absolute atomic E-state index is 13.0. The van der Waals surface area contributed by atoms with Crippen molar-refractivity contribution in [2.45, 2.75) is 12.8 Å². The topological polar surface area (TPSA) is 73.2 Å². The van der Waals surface area contributed by atoms with Crippen molar-refractivity contribution in [2.24, 2.45) is 0 Å². The summed E-state index contributed by atoms with van der Waals surface area (Å²) >= 11 is 0. The van der Waals surface area contributed by atoms with E-state index in [9.17, 15) is 9.59 Å². The molecule has 0 saturated heterocycles. The molecular weight excluding hydrogens is 318 g/mol. The number of para-hydroxylation sites is 2. The predicted molar refractivity (Wildman–Crippen MR) is 96.3 cm³/mol. The summed E-state index contributed by atoms with van der Waals surface area (Å²) in [5.41, 5.74) is 2.32. The summed E-state index contributed by atoms with van der Waals surface area (Å²) in [6, 6.07) is 14.7. The maximum Gasteiger partial charge on any atom is 0.277 e. The molecule has 1 N–H and O–H groups in total. The Morgan fingerprint density at radius 1 is 1.16 bits per heavy atom. The van der Waals surface area contributed by atoms with E-state index in [4.69, 9.17) is 4.74 Å². The Kier molecular flexibility index (Phi) is 4.79. The van der Waals surface area contributed by atoms with Crippen LogP contribution in [0.3, 0.4) is 0 Å². The number of nitrogens with zero attached hydrogens (tertiary/aromatic N) is 2. The zero-order valence-corrected chi connectivity index (χ0v) is 14.2. The van der Waals surface area contributed by atoms with E-state index in [1.807, 2.05) is 36.4 Å². The van der Waals surface area contributed by atoms with Crippen LogP contribution in [-0.4, -0.2) is 29.6 Å². The highest BCUT2D eigenvalue weighted by Crippen LogP contribution is 2.18. The van der Waals surface area contributed by atoms with Gasteiger partial charge < -0.3 is 10.1 Å². The fourth-order valence-corrected chi connectivity index (χ4v) is 2.69. The average Bonchev–Trinajstić information content (AvgIpc) is 2.66. The number of rotatable bonds is 5. The van der Waals surface area contributed by atoms with Gasteiger partial charge in [0.15, 0.2) is 0 Å². The molecule has 0 fully saturated rings. The van der Waals surface area contributed by atoms with Crippen LogP contribution in [0, 0.1) is 0 Å². The van der Waals surface area contributed by atoms with Crippen molar-refractivity contribution in [1.29, 1.82) is 0 Å². The minimum absolute atomic E-state index is 0.120. The fraction of sp³-hybridized carbons (Fsp3) is 0.211. The van der Waals surface area contributed by atoms with Crippen LogP contribution in [-0.2, 0) is 11.2 Å². The van der Waals surface area contributed by atoms with Crippen LogP contribution in [0.25, 0.3) is 16.7 Å². The molecule has 1 heterocycles. The van der Waals surface area contributed by atoms with Gasteiger partial charge in [-0.3, -0.25) is 14.2 Å². The number of nitrogens with one attached hydrogen (secondary N) is 1. The molecule has 25 heavy (non-hydrogen) atoms. The van der Waals surface area contributed by atoms with Gasteiger partial charge in [0, 0.05) is 25.6 Å². The molecule has 0 spiro atoms. The van der Waals surface area contributed by atoms with Crippen LogP contribution in [0.4, 0.5) is 0 Å². The summed E-state index contributed by atoms with van der Waals surface area (Å²) in [6.45, 7) is 0. The van der Waals surface area contributed by atoms with Crippen molar-refractivity contribution in [3.05, 3.63) is 64.6 Å². The van der Waals surface area contributed by atoms with Gasteiger partial charge in [0.05, 0.1) is 18.1 Å². The molecule has 0 aliphatic heterocycles. The van der Waals surface area contributed by atoms with E-state index in [1.165, 1.54) is 0 Å². The number of carbonyl (C=O) groups is 1. The maximum atomic E-state index is 13.0. The van der Waals surface area contributed by atoms with E-state index in [0.29, 0.717) is 17.6 Å². The molecule has 6 heteroatoms. The average molecular weight is 337 g/mol. The Balaban J connectivity index is 2.15. The molecule has 3 aromatic rings. The minimum atomic E-state index is -0.215. The van der Waals surface area contributed by atoms with E-state index in [-0.39, 0.29) is 17.9 Å².